The molecule has 2 aromatic rings. The first-order chi connectivity index (χ1) is 13.0. The molecule has 1 fully saturated rings. The standard InChI is InChI=1S/C19H21Cl2N3O2S/c20-14-1-3-15(4-2-14)23-9-11-24(12-10-23)19(26)13-22-18(25)8-6-16-5-7-17(21)27-16/h1-5,7H,6,8-13H2,(H,22,25). The Bertz CT molecular complexity index is 787. The van der Waals surface area contributed by atoms with E-state index in [-0.39, 0.29) is 18.4 Å². The van der Waals surface area contributed by atoms with Crippen molar-refractivity contribution >= 4 is 52.0 Å². The van der Waals surface area contributed by atoms with Crippen LogP contribution in [0.1, 0.15) is 11.3 Å². The molecule has 144 valence electrons. The van der Waals surface area contributed by atoms with E-state index in [1.54, 1.807) is 4.90 Å². The fraction of sp³-hybridized carbons (Fsp3) is 0.368. The summed E-state index contributed by atoms with van der Waals surface area (Å²) in [5.74, 6) is -0.161. The lowest BCUT2D eigenvalue weighted by Gasteiger charge is -2.36. The van der Waals surface area contributed by atoms with Crippen molar-refractivity contribution in [2.45, 2.75) is 12.8 Å². The molecule has 0 spiro atoms. The number of anilines is 1. The largest absolute Gasteiger partial charge is 0.368 e. The zero-order chi connectivity index (χ0) is 19.2. The lowest BCUT2D eigenvalue weighted by atomic mass is 10.2. The number of hydrogen-bond acceptors (Lipinski definition) is 4. The Labute approximate surface area is 172 Å². The van der Waals surface area contributed by atoms with Crippen LogP contribution >= 0.6 is 34.5 Å². The SMILES string of the molecule is O=C(CCc1ccc(Cl)s1)NCC(=O)N1CCN(c2ccc(Cl)cc2)CC1. The second-order valence-electron chi connectivity index (χ2n) is 6.33. The monoisotopic (exact) mass is 425 g/mol. The molecule has 1 aliphatic rings. The highest BCUT2D eigenvalue weighted by molar-refractivity contribution is 7.16. The van der Waals surface area contributed by atoms with Crippen molar-refractivity contribution in [1.82, 2.24) is 10.2 Å². The quantitative estimate of drug-likeness (QED) is 0.770. The molecule has 0 radical (unpaired) electrons. The van der Waals surface area contributed by atoms with E-state index >= 15 is 0 Å². The minimum atomic E-state index is -0.118. The molecule has 2 heterocycles. The number of amides is 2. The number of aryl methyl sites for hydroxylation is 1. The summed E-state index contributed by atoms with van der Waals surface area (Å²) in [6.45, 7) is 2.86. The van der Waals surface area contributed by atoms with Crippen LogP contribution < -0.4 is 10.2 Å². The van der Waals surface area contributed by atoms with Crippen molar-refractivity contribution in [2.75, 3.05) is 37.6 Å². The van der Waals surface area contributed by atoms with Gasteiger partial charge in [-0.15, -0.1) is 11.3 Å². The molecule has 27 heavy (non-hydrogen) atoms. The summed E-state index contributed by atoms with van der Waals surface area (Å²) in [4.78, 5) is 29.4. The third kappa shape index (κ3) is 5.86. The third-order valence-corrected chi connectivity index (χ3v) is 6.03. The third-order valence-electron chi connectivity index (χ3n) is 4.49. The van der Waals surface area contributed by atoms with Crippen LogP contribution in [0.4, 0.5) is 5.69 Å². The maximum atomic E-state index is 12.3. The molecule has 0 aliphatic carbocycles. The number of carbonyl (C=O) groups excluding carboxylic acids is 2. The maximum absolute atomic E-state index is 12.3. The highest BCUT2D eigenvalue weighted by Gasteiger charge is 2.21. The van der Waals surface area contributed by atoms with Crippen LogP contribution in [0.15, 0.2) is 36.4 Å². The van der Waals surface area contributed by atoms with Gasteiger partial charge in [0.05, 0.1) is 10.9 Å². The summed E-state index contributed by atoms with van der Waals surface area (Å²) in [6, 6.07) is 11.5. The first kappa shape index (κ1) is 20.0. The van der Waals surface area contributed by atoms with Crippen LogP contribution in [0.2, 0.25) is 9.36 Å². The van der Waals surface area contributed by atoms with E-state index in [1.165, 1.54) is 11.3 Å². The van der Waals surface area contributed by atoms with Crippen LogP contribution in [-0.4, -0.2) is 49.4 Å². The molecule has 0 bridgehead atoms. The van der Waals surface area contributed by atoms with E-state index in [4.69, 9.17) is 23.2 Å². The number of hydrogen-bond donors (Lipinski definition) is 1. The van der Waals surface area contributed by atoms with E-state index in [1.807, 2.05) is 36.4 Å². The Morgan fingerprint density at radius 2 is 1.70 bits per heavy atom. The molecule has 0 atom stereocenters. The van der Waals surface area contributed by atoms with Crippen LogP contribution in [0, 0.1) is 0 Å². The van der Waals surface area contributed by atoms with Gasteiger partial charge in [0.25, 0.3) is 0 Å². The molecular weight excluding hydrogens is 405 g/mol. The van der Waals surface area contributed by atoms with E-state index < -0.39 is 0 Å². The van der Waals surface area contributed by atoms with Crippen LogP contribution in [-0.2, 0) is 16.0 Å². The average Bonchev–Trinajstić information content (AvgIpc) is 3.10. The Morgan fingerprint density at radius 3 is 2.33 bits per heavy atom. The molecule has 1 saturated heterocycles. The van der Waals surface area contributed by atoms with Crippen LogP contribution in [0.25, 0.3) is 0 Å². The molecule has 1 aromatic heterocycles. The molecule has 1 aliphatic heterocycles. The molecule has 1 aromatic carbocycles. The Kier molecular flexibility index (Phi) is 6.99. The van der Waals surface area contributed by atoms with Gasteiger partial charge < -0.3 is 15.1 Å². The van der Waals surface area contributed by atoms with Crippen molar-refractivity contribution in [2.24, 2.45) is 0 Å². The van der Waals surface area contributed by atoms with Crippen LogP contribution in [0.3, 0.4) is 0 Å². The lowest BCUT2D eigenvalue weighted by molar-refractivity contribution is -0.133. The number of rotatable bonds is 6. The van der Waals surface area contributed by atoms with Gasteiger partial charge in [0, 0.05) is 48.2 Å². The summed E-state index contributed by atoms with van der Waals surface area (Å²) in [7, 11) is 0. The van der Waals surface area contributed by atoms with Crippen molar-refractivity contribution in [3.05, 3.63) is 50.6 Å². The van der Waals surface area contributed by atoms with Gasteiger partial charge in [-0.1, -0.05) is 23.2 Å². The van der Waals surface area contributed by atoms with Gasteiger partial charge in [-0.2, -0.15) is 0 Å². The molecule has 5 nitrogen and oxygen atoms in total. The highest BCUT2D eigenvalue weighted by Crippen LogP contribution is 2.22. The minimum absolute atomic E-state index is 0.0433. The molecular formula is C19H21Cl2N3O2S. The number of benzene rings is 1. The molecule has 0 unspecified atom stereocenters. The first-order valence-corrected chi connectivity index (χ1v) is 10.4. The van der Waals surface area contributed by atoms with Gasteiger partial charge >= 0.3 is 0 Å². The predicted molar refractivity (Wildman–Crippen MR) is 111 cm³/mol. The van der Waals surface area contributed by atoms with Crippen molar-refractivity contribution in [1.29, 1.82) is 0 Å². The van der Waals surface area contributed by atoms with Crippen LogP contribution in [0.5, 0.6) is 0 Å². The zero-order valence-electron chi connectivity index (χ0n) is 14.8. The second-order valence-corrected chi connectivity index (χ2v) is 8.56. The van der Waals surface area contributed by atoms with E-state index in [2.05, 4.69) is 10.2 Å². The lowest BCUT2D eigenvalue weighted by Crippen LogP contribution is -2.51. The predicted octanol–water partition coefficient (Wildman–Crippen LogP) is 3.45. The summed E-state index contributed by atoms with van der Waals surface area (Å²) < 4.78 is 0.721. The molecule has 0 saturated carbocycles. The normalized spacial score (nSPS) is 14.3. The van der Waals surface area contributed by atoms with Gasteiger partial charge in [0.1, 0.15) is 0 Å². The Balaban J connectivity index is 1.37. The molecule has 3 rings (SSSR count). The number of piperazine rings is 1. The smallest absolute Gasteiger partial charge is 0.242 e. The average molecular weight is 426 g/mol. The van der Waals surface area contributed by atoms with Gasteiger partial charge in [0.2, 0.25) is 11.8 Å². The van der Waals surface area contributed by atoms with E-state index in [9.17, 15) is 9.59 Å². The van der Waals surface area contributed by atoms with Crippen molar-refractivity contribution < 1.29 is 9.59 Å². The number of thiophene rings is 1. The number of carbonyl (C=O) groups is 2. The molecule has 2 amide bonds. The van der Waals surface area contributed by atoms with Gasteiger partial charge in [0.15, 0.2) is 0 Å². The van der Waals surface area contributed by atoms with Gasteiger partial charge in [-0.3, -0.25) is 9.59 Å². The number of nitrogens with zero attached hydrogens (tertiary/aromatic N) is 2. The summed E-state index contributed by atoms with van der Waals surface area (Å²) in [5, 5.41) is 3.43. The van der Waals surface area contributed by atoms with E-state index in [0.717, 1.165) is 28.0 Å². The summed E-state index contributed by atoms with van der Waals surface area (Å²) >= 11 is 13.3. The Morgan fingerprint density at radius 1 is 1.00 bits per heavy atom. The van der Waals surface area contributed by atoms with Crippen molar-refractivity contribution in [3.63, 3.8) is 0 Å². The minimum Gasteiger partial charge on any atom is -0.368 e. The topological polar surface area (TPSA) is 52.7 Å². The van der Waals surface area contributed by atoms with Gasteiger partial charge in [-0.25, -0.2) is 0 Å². The first-order valence-electron chi connectivity index (χ1n) is 8.80. The Hall–Kier alpha value is -1.76. The number of nitrogens with one attached hydrogen (secondary N) is 1. The highest BCUT2D eigenvalue weighted by atomic mass is 35.5. The second kappa shape index (κ2) is 9.44. The van der Waals surface area contributed by atoms with E-state index in [0.29, 0.717) is 31.0 Å². The molecule has 8 heteroatoms. The van der Waals surface area contributed by atoms with Crippen molar-refractivity contribution in [3.8, 4) is 0 Å². The summed E-state index contributed by atoms with van der Waals surface area (Å²) in [6.07, 6.45) is 0.992. The maximum Gasteiger partial charge on any atom is 0.242 e. The fourth-order valence-electron chi connectivity index (χ4n) is 2.96. The summed E-state index contributed by atoms with van der Waals surface area (Å²) in [5.41, 5.74) is 1.11. The zero-order valence-corrected chi connectivity index (χ0v) is 17.1. The van der Waals surface area contributed by atoms with Gasteiger partial charge in [-0.05, 0) is 42.8 Å². The fourth-order valence-corrected chi connectivity index (χ4v) is 4.18. The number of halogens is 2. The molecule has 1 N–H and O–H groups in total.